The molecular formula is C22H16F3N3O. The van der Waals surface area contributed by atoms with Gasteiger partial charge in [-0.05, 0) is 48.0 Å². The SMILES string of the molecule is COc1ccccc1-c1ccc2c(Nc3ccc(C(F)(F)F)cc3)nncc2c1. The molecule has 1 heterocycles. The second kappa shape index (κ2) is 7.43. The smallest absolute Gasteiger partial charge is 0.416 e. The zero-order valence-corrected chi connectivity index (χ0v) is 15.4. The minimum absolute atomic E-state index is 0.467. The normalized spacial score (nSPS) is 11.4. The average molecular weight is 395 g/mol. The Morgan fingerprint density at radius 2 is 1.69 bits per heavy atom. The van der Waals surface area contributed by atoms with E-state index < -0.39 is 11.7 Å². The van der Waals surface area contributed by atoms with Crippen LogP contribution in [-0.4, -0.2) is 17.3 Å². The predicted molar refractivity (Wildman–Crippen MR) is 106 cm³/mol. The maximum atomic E-state index is 12.7. The Morgan fingerprint density at radius 3 is 2.41 bits per heavy atom. The number of rotatable bonds is 4. The Bertz CT molecular complexity index is 1160. The van der Waals surface area contributed by atoms with Gasteiger partial charge in [-0.25, -0.2) is 0 Å². The molecule has 0 atom stereocenters. The van der Waals surface area contributed by atoms with Gasteiger partial charge >= 0.3 is 6.18 Å². The van der Waals surface area contributed by atoms with Crippen molar-refractivity contribution in [3.63, 3.8) is 0 Å². The number of hydrogen-bond donors (Lipinski definition) is 1. The van der Waals surface area contributed by atoms with Crippen LogP contribution in [0, 0.1) is 0 Å². The first-order valence-electron chi connectivity index (χ1n) is 8.79. The summed E-state index contributed by atoms with van der Waals surface area (Å²) in [5.41, 5.74) is 1.71. The lowest BCUT2D eigenvalue weighted by molar-refractivity contribution is -0.137. The zero-order chi connectivity index (χ0) is 20.4. The van der Waals surface area contributed by atoms with E-state index in [1.54, 1.807) is 13.3 Å². The third-order valence-corrected chi connectivity index (χ3v) is 4.55. The maximum Gasteiger partial charge on any atom is 0.416 e. The number of para-hydroxylation sites is 1. The number of hydrogen-bond acceptors (Lipinski definition) is 4. The van der Waals surface area contributed by atoms with Crippen molar-refractivity contribution in [1.82, 2.24) is 10.2 Å². The molecule has 0 aliphatic carbocycles. The maximum absolute atomic E-state index is 12.7. The van der Waals surface area contributed by atoms with Crippen molar-refractivity contribution in [2.45, 2.75) is 6.18 Å². The van der Waals surface area contributed by atoms with Crippen molar-refractivity contribution in [3.8, 4) is 16.9 Å². The molecule has 1 aromatic heterocycles. The summed E-state index contributed by atoms with van der Waals surface area (Å²) in [5, 5.41) is 12.8. The quantitative estimate of drug-likeness (QED) is 0.456. The summed E-state index contributed by atoms with van der Waals surface area (Å²) < 4.78 is 43.6. The number of alkyl halides is 3. The number of ether oxygens (including phenoxy) is 1. The molecule has 7 heteroatoms. The Balaban J connectivity index is 1.68. The fraction of sp³-hybridized carbons (Fsp3) is 0.0909. The molecule has 0 amide bonds. The summed E-state index contributed by atoms with van der Waals surface area (Å²) in [6.45, 7) is 0. The Labute approximate surface area is 165 Å². The van der Waals surface area contributed by atoms with E-state index in [4.69, 9.17) is 4.74 Å². The van der Waals surface area contributed by atoms with Gasteiger partial charge in [-0.2, -0.15) is 18.3 Å². The molecule has 29 heavy (non-hydrogen) atoms. The van der Waals surface area contributed by atoms with Gasteiger partial charge in [0.25, 0.3) is 0 Å². The highest BCUT2D eigenvalue weighted by Gasteiger charge is 2.29. The highest BCUT2D eigenvalue weighted by atomic mass is 19.4. The fourth-order valence-corrected chi connectivity index (χ4v) is 3.11. The summed E-state index contributed by atoms with van der Waals surface area (Å²) in [5.74, 6) is 1.23. The summed E-state index contributed by atoms with van der Waals surface area (Å²) >= 11 is 0. The standard InChI is InChI=1S/C22H16F3N3O/c1-29-20-5-3-2-4-18(20)14-6-11-19-15(12-14)13-26-28-21(19)27-17-9-7-16(8-10-17)22(23,24)25/h2-13H,1H3,(H,27,28). The van der Waals surface area contributed by atoms with E-state index in [0.717, 1.165) is 39.8 Å². The largest absolute Gasteiger partial charge is 0.496 e. The molecule has 0 fully saturated rings. The number of anilines is 2. The van der Waals surface area contributed by atoms with E-state index in [9.17, 15) is 13.2 Å². The first-order chi connectivity index (χ1) is 14.0. The third-order valence-electron chi connectivity index (χ3n) is 4.55. The highest BCUT2D eigenvalue weighted by molar-refractivity contribution is 5.95. The van der Waals surface area contributed by atoms with Crippen LogP contribution in [-0.2, 0) is 6.18 Å². The van der Waals surface area contributed by atoms with E-state index in [0.29, 0.717) is 11.5 Å². The molecule has 0 aliphatic heterocycles. The summed E-state index contributed by atoms with van der Waals surface area (Å²) in [6.07, 6.45) is -2.72. The molecule has 0 radical (unpaired) electrons. The molecule has 4 aromatic rings. The van der Waals surface area contributed by atoms with Crippen LogP contribution in [0.15, 0.2) is 72.9 Å². The van der Waals surface area contributed by atoms with Crippen LogP contribution in [0.1, 0.15) is 5.56 Å². The molecule has 4 rings (SSSR count). The van der Waals surface area contributed by atoms with Gasteiger partial charge in [-0.1, -0.05) is 24.3 Å². The first kappa shape index (κ1) is 18.7. The molecule has 0 bridgehead atoms. The molecule has 3 aromatic carbocycles. The van der Waals surface area contributed by atoms with E-state index in [1.807, 2.05) is 42.5 Å². The molecule has 0 aliphatic rings. The molecule has 1 N–H and O–H groups in total. The second-order valence-corrected chi connectivity index (χ2v) is 6.40. The number of aromatic nitrogens is 2. The minimum atomic E-state index is -4.37. The van der Waals surface area contributed by atoms with E-state index in [2.05, 4.69) is 15.5 Å². The number of nitrogens with zero attached hydrogens (tertiary/aromatic N) is 2. The van der Waals surface area contributed by atoms with Gasteiger partial charge in [0.1, 0.15) is 5.75 Å². The topological polar surface area (TPSA) is 47.0 Å². The van der Waals surface area contributed by atoms with E-state index >= 15 is 0 Å². The molecule has 4 nitrogen and oxygen atoms in total. The lowest BCUT2D eigenvalue weighted by Crippen LogP contribution is -2.04. The second-order valence-electron chi connectivity index (χ2n) is 6.40. The van der Waals surface area contributed by atoms with Gasteiger partial charge < -0.3 is 10.1 Å². The predicted octanol–water partition coefficient (Wildman–Crippen LogP) is 6.07. The van der Waals surface area contributed by atoms with Crippen LogP contribution in [0.5, 0.6) is 5.75 Å². The van der Waals surface area contributed by atoms with Crippen LogP contribution in [0.4, 0.5) is 24.7 Å². The van der Waals surface area contributed by atoms with Crippen LogP contribution < -0.4 is 10.1 Å². The summed E-state index contributed by atoms with van der Waals surface area (Å²) in [7, 11) is 1.62. The number of halogens is 3. The number of fused-ring (bicyclic) bond motifs is 1. The number of benzene rings is 3. The zero-order valence-electron chi connectivity index (χ0n) is 15.4. The van der Waals surface area contributed by atoms with Crippen LogP contribution in [0.25, 0.3) is 21.9 Å². The lowest BCUT2D eigenvalue weighted by Gasteiger charge is -2.12. The van der Waals surface area contributed by atoms with Crippen molar-refractivity contribution in [1.29, 1.82) is 0 Å². The monoisotopic (exact) mass is 395 g/mol. The van der Waals surface area contributed by atoms with Gasteiger partial charge in [0.15, 0.2) is 5.82 Å². The van der Waals surface area contributed by atoms with Crippen LogP contribution >= 0.6 is 0 Å². The highest BCUT2D eigenvalue weighted by Crippen LogP contribution is 2.34. The molecule has 146 valence electrons. The third kappa shape index (κ3) is 3.85. The molecule has 0 saturated heterocycles. The molecule has 0 saturated carbocycles. The fourth-order valence-electron chi connectivity index (χ4n) is 3.11. The Kier molecular flexibility index (Phi) is 4.80. The van der Waals surface area contributed by atoms with Gasteiger partial charge in [0, 0.05) is 22.0 Å². The van der Waals surface area contributed by atoms with E-state index in [-0.39, 0.29) is 0 Å². The van der Waals surface area contributed by atoms with E-state index in [1.165, 1.54) is 12.1 Å². The van der Waals surface area contributed by atoms with Crippen molar-refractivity contribution < 1.29 is 17.9 Å². The van der Waals surface area contributed by atoms with Crippen molar-refractivity contribution in [2.75, 3.05) is 12.4 Å². The molecule has 0 unspecified atom stereocenters. The van der Waals surface area contributed by atoms with Crippen molar-refractivity contribution in [3.05, 3.63) is 78.5 Å². The van der Waals surface area contributed by atoms with Gasteiger partial charge in [-0.3, -0.25) is 0 Å². The average Bonchev–Trinajstić information content (AvgIpc) is 2.73. The Morgan fingerprint density at radius 1 is 0.931 bits per heavy atom. The van der Waals surface area contributed by atoms with Gasteiger partial charge in [0.05, 0.1) is 18.9 Å². The number of methoxy groups -OCH3 is 1. The van der Waals surface area contributed by atoms with Gasteiger partial charge in [0.2, 0.25) is 0 Å². The number of nitrogens with one attached hydrogen (secondary N) is 1. The minimum Gasteiger partial charge on any atom is -0.496 e. The Hall–Kier alpha value is -3.61. The lowest BCUT2D eigenvalue weighted by atomic mass is 10.0. The van der Waals surface area contributed by atoms with Crippen molar-refractivity contribution >= 4 is 22.3 Å². The van der Waals surface area contributed by atoms with Crippen molar-refractivity contribution in [2.24, 2.45) is 0 Å². The molecular weight excluding hydrogens is 379 g/mol. The van der Waals surface area contributed by atoms with Crippen LogP contribution in [0.3, 0.4) is 0 Å². The molecule has 0 spiro atoms. The van der Waals surface area contributed by atoms with Gasteiger partial charge in [-0.15, -0.1) is 5.10 Å². The summed E-state index contributed by atoms with van der Waals surface area (Å²) in [4.78, 5) is 0. The first-order valence-corrected chi connectivity index (χ1v) is 8.79. The van der Waals surface area contributed by atoms with Crippen LogP contribution in [0.2, 0.25) is 0 Å². The summed E-state index contributed by atoms with van der Waals surface area (Å²) in [6, 6.07) is 18.3.